The van der Waals surface area contributed by atoms with Crippen molar-refractivity contribution in [3.8, 4) is 0 Å². The van der Waals surface area contributed by atoms with Gasteiger partial charge in [-0.3, -0.25) is 0 Å². The second-order valence-electron chi connectivity index (χ2n) is 5.97. The van der Waals surface area contributed by atoms with Crippen molar-refractivity contribution in [2.75, 3.05) is 31.5 Å². The first-order valence-corrected chi connectivity index (χ1v) is 8.30. The van der Waals surface area contributed by atoms with E-state index in [-0.39, 0.29) is 12.4 Å². The van der Waals surface area contributed by atoms with Crippen LogP contribution in [0.5, 0.6) is 0 Å². The quantitative estimate of drug-likeness (QED) is 0.881. The zero-order valence-corrected chi connectivity index (χ0v) is 14.3. The summed E-state index contributed by atoms with van der Waals surface area (Å²) in [6.07, 6.45) is 7.44. The molecule has 2 heterocycles. The van der Waals surface area contributed by atoms with E-state index in [1.165, 1.54) is 44.3 Å². The maximum absolute atomic E-state index is 4.20. The maximum Gasteiger partial charge on any atom is 0.168 e. The van der Waals surface area contributed by atoms with E-state index < -0.39 is 0 Å². The van der Waals surface area contributed by atoms with Crippen molar-refractivity contribution in [2.24, 2.45) is 0 Å². The molecule has 126 valence electrons. The predicted molar refractivity (Wildman–Crippen MR) is 96.2 cm³/mol. The van der Waals surface area contributed by atoms with Gasteiger partial charge >= 0.3 is 0 Å². The van der Waals surface area contributed by atoms with Gasteiger partial charge in [-0.2, -0.15) is 0 Å². The molecule has 0 unspecified atom stereocenters. The molecule has 0 radical (unpaired) electrons. The SMILES string of the molecule is Cl.c1ccc(Cn2cc(NCCN3CCCCCC3)nn2)cc1. The zero-order valence-electron chi connectivity index (χ0n) is 13.5. The molecule has 2 aromatic rings. The molecule has 0 spiro atoms. The van der Waals surface area contributed by atoms with Crippen LogP contribution in [0.25, 0.3) is 0 Å². The molecule has 3 rings (SSSR count). The highest BCUT2D eigenvalue weighted by atomic mass is 35.5. The molecule has 0 aliphatic carbocycles. The molecule has 1 saturated heterocycles. The van der Waals surface area contributed by atoms with E-state index in [1.54, 1.807) is 0 Å². The van der Waals surface area contributed by atoms with E-state index in [2.05, 4.69) is 32.7 Å². The van der Waals surface area contributed by atoms with Gasteiger partial charge in [-0.25, -0.2) is 4.68 Å². The molecular weight excluding hydrogens is 310 g/mol. The molecule has 1 N–H and O–H groups in total. The number of nitrogens with zero attached hydrogens (tertiary/aromatic N) is 4. The minimum absolute atomic E-state index is 0. The Labute approximate surface area is 144 Å². The van der Waals surface area contributed by atoms with Crippen LogP contribution in [-0.4, -0.2) is 46.1 Å². The van der Waals surface area contributed by atoms with E-state index in [1.807, 2.05) is 29.1 Å². The van der Waals surface area contributed by atoms with Gasteiger partial charge < -0.3 is 10.2 Å². The normalized spacial score (nSPS) is 15.7. The van der Waals surface area contributed by atoms with Crippen molar-refractivity contribution in [1.82, 2.24) is 19.9 Å². The molecule has 0 atom stereocenters. The number of halogens is 1. The minimum atomic E-state index is 0. The zero-order chi connectivity index (χ0) is 15.0. The van der Waals surface area contributed by atoms with Crippen molar-refractivity contribution < 1.29 is 0 Å². The average molecular weight is 336 g/mol. The third-order valence-corrected chi connectivity index (χ3v) is 4.16. The van der Waals surface area contributed by atoms with Crippen LogP contribution in [0, 0.1) is 0 Å². The fourth-order valence-electron chi connectivity index (χ4n) is 2.93. The van der Waals surface area contributed by atoms with Crippen molar-refractivity contribution in [2.45, 2.75) is 32.2 Å². The van der Waals surface area contributed by atoms with Crippen molar-refractivity contribution in [3.05, 3.63) is 42.1 Å². The van der Waals surface area contributed by atoms with Gasteiger partial charge in [0.1, 0.15) is 0 Å². The molecule has 0 saturated carbocycles. The largest absolute Gasteiger partial charge is 0.366 e. The fourth-order valence-corrected chi connectivity index (χ4v) is 2.93. The number of rotatable bonds is 6. The molecule has 23 heavy (non-hydrogen) atoms. The van der Waals surface area contributed by atoms with Gasteiger partial charge in [0, 0.05) is 13.1 Å². The highest BCUT2D eigenvalue weighted by Crippen LogP contribution is 2.09. The molecule has 1 aliphatic heterocycles. The summed E-state index contributed by atoms with van der Waals surface area (Å²) in [5.74, 6) is 0.866. The van der Waals surface area contributed by atoms with Crippen LogP contribution in [0.4, 0.5) is 5.82 Å². The second kappa shape index (κ2) is 9.53. The molecule has 1 aliphatic rings. The van der Waals surface area contributed by atoms with Crippen LogP contribution in [0.3, 0.4) is 0 Å². The van der Waals surface area contributed by atoms with Crippen LogP contribution < -0.4 is 5.32 Å². The first-order chi connectivity index (χ1) is 10.9. The molecular formula is C17H26ClN5. The van der Waals surface area contributed by atoms with Gasteiger partial charge in [-0.15, -0.1) is 17.5 Å². The van der Waals surface area contributed by atoms with Crippen molar-refractivity contribution >= 4 is 18.2 Å². The highest BCUT2D eigenvalue weighted by molar-refractivity contribution is 5.85. The molecule has 1 fully saturated rings. The first-order valence-electron chi connectivity index (χ1n) is 8.30. The molecule has 1 aromatic carbocycles. The maximum atomic E-state index is 4.20. The van der Waals surface area contributed by atoms with Gasteiger partial charge in [-0.1, -0.05) is 48.4 Å². The summed E-state index contributed by atoms with van der Waals surface area (Å²) < 4.78 is 1.88. The molecule has 1 aromatic heterocycles. The van der Waals surface area contributed by atoms with E-state index in [0.29, 0.717) is 0 Å². The van der Waals surface area contributed by atoms with Crippen LogP contribution in [0.2, 0.25) is 0 Å². The summed E-state index contributed by atoms with van der Waals surface area (Å²) in [7, 11) is 0. The van der Waals surface area contributed by atoms with Gasteiger partial charge in [0.2, 0.25) is 0 Å². The monoisotopic (exact) mass is 335 g/mol. The third-order valence-electron chi connectivity index (χ3n) is 4.16. The predicted octanol–water partition coefficient (Wildman–Crippen LogP) is 3.04. The third kappa shape index (κ3) is 5.84. The number of hydrogen-bond donors (Lipinski definition) is 1. The Morgan fingerprint density at radius 1 is 1.00 bits per heavy atom. The molecule has 0 amide bonds. The number of benzene rings is 1. The molecule has 5 nitrogen and oxygen atoms in total. The van der Waals surface area contributed by atoms with Crippen LogP contribution in [0.15, 0.2) is 36.5 Å². The van der Waals surface area contributed by atoms with Crippen LogP contribution >= 0.6 is 12.4 Å². The van der Waals surface area contributed by atoms with Crippen molar-refractivity contribution in [1.29, 1.82) is 0 Å². The second-order valence-corrected chi connectivity index (χ2v) is 5.97. The summed E-state index contributed by atoms with van der Waals surface area (Å²) in [5.41, 5.74) is 1.24. The van der Waals surface area contributed by atoms with Gasteiger partial charge in [-0.05, 0) is 31.5 Å². The van der Waals surface area contributed by atoms with E-state index in [9.17, 15) is 0 Å². The van der Waals surface area contributed by atoms with Crippen LogP contribution in [-0.2, 0) is 6.54 Å². The Morgan fingerprint density at radius 2 is 1.74 bits per heavy atom. The van der Waals surface area contributed by atoms with E-state index in [0.717, 1.165) is 25.5 Å². The lowest BCUT2D eigenvalue weighted by Crippen LogP contribution is -2.30. The van der Waals surface area contributed by atoms with Crippen LogP contribution in [0.1, 0.15) is 31.2 Å². The summed E-state index contributed by atoms with van der Waals surface area (Å²) in [6, 6.07) is 10.3. The van der Waals surface area contributed by atoms with E-state index in [4.69, 9.17) is 0 Å². The topological polar surface area (TPSA) is 46.0 Å². The van der Waals surface area contributed by atoms with Gasteiger partial charge in [0.05, 0.1) is 12.7 Å². The Morgan fingerprint density at radius 3 is 2.48 bits per heavy atom. The van der Waals surface area contributed by atoms with Gasteiger partial charge in [0.25, 0.3) is 0 Å². The standard InChI is InChI=1S/C17H25N5.ClH/c1-2-7-12-21(11-6-1)13-10-18-17-15-22(20-19-17)14-16-8-4-3-5-9-16;/h3-5,8-9,15,18H,1-2,6-7,10-14H2;1H. The number of nitrogens with one attached hydrogen (secondary N) is 1. The molecule has 6 heteroatoms. The van der Waals surface area contributed by atoms with Crippen molar-refractivity contribution in [3.63, 3.8) is 0 Å². The van der Waals surface area contributed by atoms with Gasteiger partial charge in [0.15, 0.2) is 5.82 Å². The first kappa shape index (κ1) is 17.8. The lowest BCUT2D eigenvalue weighted by molar-refractivity contribution is 0.296. The smallest absolute Gasteiger partial charge is 0.168 e. The summed E-state index contributed by atoms with van der Waals surface area (Å²) >= 11 is 0. The fraction of sp³-hybridized carbons (Fsp3) is 0.529. The highest BCUT2D eigenvalue weighted by Gasteiger charge is 2.08. The summed E-state index contributed by atoms with van der Waals surface area (Å²) in [5, 5.41) is 11.8. The summed E-state index contributed by atoms with van der Waals surface area (Å²) in [4.78, 5) is 2.55. The summed E-state index contributed by atoms with van der Waals surface area (Å²) in [6.45, 7) is 5.27. The van der Waals surface area contributed by atoms with E-state index >= 15 is 0 Å². The Bertz CT molecular complexity index is 549. The lowest BCUT2D eigenvalue weighted by atomic mass is 10.2. The Balaban J connectivity index is 0.00000192. The number of anilines is 1. The number of hydrogen-bond acceptors (Lipinski definition) is 4. The molecule has 0 bridgehead atoms. The average Bonchev–Trinajstić information content (AvgIpc) is 2.82. The Kier molecular flexibility index (Phi) is 7.36. The number of aromatic nitrogens is 3. The number of likely N-dealkylation sites (tertiary alicyclic amines) is 1. The minimum Gasteiger partial charge on any atom is -0.366 e. The Hall–Kier alpha value is -1.59. The lowest BCUT2D eigenvalue weighted by Gasteiger charge is -2.19.